The summed E-state index contributed by atoms with van der Waals surface area (Å²) in [6.45, 7) is 4.82. The van der Waals surface area contributed by atoms with Crippen molar-refractivity contribution >= 4 is 32.0 Å². The molecule has 0 spiro atoms. The van der Waals surface area contributed by atoms with Gasteiger partial charge in [0.15, 0.2) is 13.2 Å². The molecule has 0 saturated heterocycles. The first-order valence-electron chi connectivity index (χ1n) is 23.6. The second kappa shape index (κ2) is 22.6. The molecule has 0 radical (unpaired) electrons. The van der Waals surface area contributed by atoms with Gasteiger partial charge in [-0.2, -0.15) is 8.61 Å². The second-order valence-electron chi connectivity index (χ2n) is 18.6. The van der Waals surface area contributed by atoms with Crippen LogP contribution in [0.25, 0.3) is 22.3 Å². The summed E-state index contributed by atoms with van der Waals surface area (Å²) in [5.74, 6) is -0.363. The second-order valence-corrected chi connectivity index (χ2v) is 22.5. The number of carbonyl (C=O) groups excluding carboxylic acids is 1. The van der Waals surface area contributed by atoms with E-state index in [1.54, 1.807) is 50.5 Å². The number of hydrogen-bond donors (Lipinski definition) is 1. The van der Waals surface area contributed by atoms with Crippen molar-refractivity contribution in [3.63, 3.8) is 0 Å². The maximum Gasteiger partial charge on any atom is 0.344 e. The lowest BCUT2D eigenvalue weighted by Crippen LogP contribution is -2.31. The molecule has 2 atom stereocenters. The Balaban J connectivity index is 0.000000208. The first-order valence-corrected chi connectivity index (χ1v) is 26.5. The van der Waals surface area contributed by atoms with Gasteiger partial charge in [0.1, 0.15) is 17.1 Å². The van der Waals surface area contributed by atoms with E-state index in [-0.39, 0.29) is 28.5 Å². The number of esters is 1. The van der Waals surface area contributed by atoms with Crippen LogP contribution in [0.1, 0.15) is 93.6 Å². The molecule has 1 N–H and O–H groups in total. The number of aliphatic carboxylic acids is 1. The molecule has 70 heavy (non-hydrogen) atoms. The summed E-state index contributed by atoms with van der Waals surface area (Å²) in [5, 5.41) is 8.99. The lowest BCUT2D eigenvalue weighted by Gasteiger charge is -2.29. The van der Waals surface area contributed by atoms with Crippen molar-refractivity contribution in [1.29, 1.82) is 0 Å². The van der Waals surface area contributed by atoms with E-state index >= 15 is 0 Å². The number of carboxylic acids is 1. The summed E-state index contributed by atoms with van der Waals surface area (Å²) in [5.41, 5.74) is 7.05. The highest BCUT2D eigenvalue weighted by atomic mass is 32.2. The van der Waals surface area contributed by atoms with Crippen molar-refractivity contribution in [3.8, 4) is 33.8 Å². The van der Waals surface area contributed by atoms with Gasteiger partial charge in [0, 0.05) is 14.1 Å². The maximum absolute atomic E-state index is 13.7. The smallest absolute Gasteiger partial charge is 0.344 e. The summed E-state index contributed by atoms with van der Waals surface area (Å²) in [6, 6.07) is 44.1. The number of rotatable bonds is 14. The number of hydrogen-bond acceptors (Lipinski definition) is 9. The Morgan fingerprint density at radius 2 is 0.914 bits per heavy atom. The Morgan fingerprint density at radius 3 is 1.30 bits per heavy atom. The third-order valence-electron chi connectivity index (χ3n) is 12.6. The third-order valence-corrected chi connectivity index (χ3v) is 16.4. The number of carbonyl (C=O) groups is 2. The zero-order chi connectivity index (χ0) is 50.1. The molecule has 8 rings (SSSR count). The van der Waals surface area contributed by atoms with E-state index in [9.17, 15) is 26.4 Å². The van der Waals surface area contributed by atoms with Crippen LogP contribution >= 0.6 is 0 Å². The van der Waals surface area contributed by atoms with Crippen molar-refractivity contribution in [2.45, 2.75) is 99.6 Å². The van der Waals surface area contributed by atoms with Gasteiger partial charge in [-0.05, 0) is 140 Å². The highest BCUT2D eigenvalue weighted by Crippen LogP contribution is 2.41. The van der Waals surface area contributed by atoms with Crippen molar-refractivity contribution in [1.82, 2.24) is 8.61 Å². The third kappa shape index (κ3) is 12.5. The summed E-state index contributed by atoms with van der Waals surface area (Å²) < 4.78 is 74.0. The average Bonchev–Trinajstić information content (AvgIpc) is 3.72. The predicted molar refractivity (Wildman–Crippen MR) is 272 cm³/mol. The van der Waals surface area contributed by atoms with Crippen LogP contribution in [0, 0.1) is 0 Å². The molecule has 14 heteroatoms. The van der Waals surface area contributed by atoms with Crippen molar-refractivity contribution in [2.75, 3.05) is 27.3 Å². The molecule has 0 heterocycles. The van der Waals surface area contributed by atoms with Crippen LogP contribution in [0.3, 0.4) is 0 Å². The van der Waals surface area contributed by atoms with E-state index in [0.717, 1.165) is 83.0 Å². The van der Waals surface area contributed by atoms with Crippen molar-refractivity contribution < 1.29 is 45.7 Å². The summed E-state index contributed by atoms with van der Waals surface area (Å²) >= 11 is 0. The van der Waals surface area contributed by atoms with Crippen molar-refractivity contribution in [2.24, 2.45) is 0 Å². The normalized spacial score (nSPS) is 16.1. The van der Waals surface area contributed by atoms with Gasteiger partial charge in [0.05, 0.1) is 21.9 Å². The minimum Gasteiger partial charge on any atom is -0.482 e. The quantitative estimate of drug-likeness (QED) is 0.0823. The summed E-state index contributed by atoms with van der Waals surface area (Å²) in [7, 11) is -4.21. The fourth-order valence-electron chi connectivity index (χ4n) is 9.16. The Bertz CT molecular complexity index is 2960. The van der Waals surface area contributed by atoms with E-state index in [0.29, 0.717) is 24.3 Å². The molecule has 6 aromatic rings. The van der Waals surface area contributed by atoms with Gasteiger partial charge in [-0.3, -0.25) is 0 Å². The van der Waals surface area contributed by atoms with E-state index < -0.39 is 44.2 Å². The Morgan fingerprint density at radius 1 is 0.529 bits per heavy atom. The largest absolute Gasteiger partial charge is 0.482 e. The monoisotopic (exact) mass is 986 g/mol. The van der Waals surface area contributed by atoms with Crippen LogP contribution in [0.5, 0.6) is 11.5 Å². The van der Waals surface area contributed by atoms with Crippen LogP contribution in [0.4, 0.5) is 0 Å². The van der Waals surface area contributed by atoms with E-state index in [2.05, 4.69) is 0 Å². The molecule has 12 nitrogen and oxygen atoms in total. The van der Waals surface area contributed by atoms with Gasteiger partial charge in [-0.15, -0.1) is 0 Å². The van der Waals surface area contributed by atoms with Gasteiger partial charge in [-0.25, -0.2) is 26.4 Å². The number of nitrogens with zero attached hydrogens (tertiary/aromatic N) is 2. The van der Waals surface area contributed by atoms with Crippen LogP contribution in [-0.2, 0) is 47.2 Å². The summed E-state index contributed by atoms with van der Waals surface area (Å²) in [4.78, 5) is 23.7. The molecular weight excluding hydrogens is 925 g/mol. The molecule has 2 unspecified atom stereocenters. The zero-order valence-electron chi connectivity index (χ0n) is 40.4. The molecule has 0 bridgehead atoms. The first-order chi connectivity index (χ1) is 33.4. The molecule has 368 valence electrons. The zero-order valence-corrected chi connectivity index (χ0v) is 42.0. The van der Waals surface area contributed by atoms with E-state index in [4.69, 9.17) is 19.3 Å². The Labute approximate surface area is 413 Å². The maximum atomic E-state index is 13.7. The van der Waals surface area contributed by atoms with Gasteiger partial charge < -0.3 is 19.3 Å². The molecule has 0 aromatic heterocycles. The van der Waals surface area contributed by atoms with Gasteiger partial charge >= 0.3 is 11.9 Å². The van der Waals surface area contributed by atoms with Crippen LogP contribution in [0.15, 0.2) is 155 Å². The number of benzene rings is 6. The molecular formula is C56H62N2O10S2. The van der Waals surface area contributed by atoms with Gasteiger partial charge in [0.2, 0.25) is 20.0 Å². The Hall–Kier alpha value is -6.32. The molecule has 0 amide bonds. The SMILES string of the molecule is CN(C1CCCCc2c(OCC(=O)O)cccc21)S(=O)(=O)c1ccc(-c2ccccc2)cc1.CN(C1CCCCc2c(OCC(=O)OC(C)(C)C)cccc21)S(=O)(=O)c1ccc(-c2ccccc2)cc1. The van der Waals surface area contributed by atoms with Crippen LogP contribution < -0.4 is 9.47 Å². The molecule has 6 aromatic carbocycles. The highest BCUT2D eigenvalue weighted by molar-refractivity contribution is 7.89. The minimum atomic E-state index is -3.74. The predicted octanol–water partition coefficient (Wildman–Crippen LogP) is 11.1. The summed E-state index contributed by atoms with van der Waals surface area (Å²) in [6.07, 6.45) is 6.43. The van der Waals surface area contributed by atoms with Gasteiger partial charge in [0.25, 0.3) is 0 Å². The van der Waals surface area contributed by atoms with Crippen LogP contribution in [0.2, 0.25) is 0 Å². The number of ether oxygens (including phenoxy) is 3. The number of sulfonamides is 2. The lowest BCUT2D eigenvalue weighted by atomic mass is 9.98. The lowest BCUT2D eigenvalue weighted by molar-refractivity contribution is -0.157. The molecule has 0 saturated carbocycles. The molecule has 2 aliphatic carbocycles. The highest BCUT2D eigenvalue weighted by Gasteiger charge is 2.34. The number of carboxylic acid groups (broad SMARTS) is 1. The molecule has 0 fully saturated rings. The fraction of sp³-hybridized carbons (Fsp3) is 0.321. The van der Waals surface area contributed by atoms with Gasteiger partial charge in [-0.1, -0.05) is 122 Å². The Kier molecular flexibility index (Phi) is 16.6. The topological polar surface area (TPSA) is 157 Å². The minimum absolute atomic E-state index is 0.194. The number of fused-ring (bicyclic) bond motifs is 2. The average molecular weight is 987 g/mol. The molecule has 2 aliphatic rings. The first kappa shape index (κ1) is 51.5. The van der Waals surface area contributed by atoms with E-state index in [1.165, 1.54) is 8.61 Å². The fourth-order valence-corrected chi connectivity index (χ4v) is 11.9. The van der Waals surface area contributed by atoms with E-state index in [1.807, 2.05) is 130 Å². The standard InChI is InChI=1S/C30H35NO5S.C26H27NO5S/c1-30(2,3)36-29(32)21-35-28-16-10-14-25-26(28)13-8-9-15-27(25)31(4)37(33,34)24-19-17-23(18-20-24)22-11-6-5-7-12-22;1-27(33(30,31)21-16-14-20(15-17-21)19-8-3-2-4-9-19)24-12-6-5-10-23-22(24)11-7-13-25(23)32-18-26(28)29/h5-7,10-12,14,16-20,27H,8-9,13,15,21H2,1-4H3;2-4,7-9,11,13-17,24H,5-6,10,12,18H2,1H3,(H,28,29). The van der Waals surface area contributed by atoms with Crippen molar-refractivity contribution in [3.05, 3.63) is 168 Å². The van der Waals surface area contributed by atoms with Crippen LogP contribution in [-0.4, -0.2) is 75.4 Å². The molecule has 0 aliphatic heterocycles.